The van der Waals surface area contributed by atoms with Crippen LogP contribution in [-0.4, -0.2) is 29.7 Å². The zero-order valence-electron chi connectivity index (χ0n) is 17.4. The topological polar surface area (TPSA) is 90.8 Å². The maximum atomic E-state index is 13.0. The molecule has 0 saturated carbocycles. The number of hydrogen-bond acceptors (Lipinski definition) is 4. The zero-order chi connectivity index (χ0) is 22.7. The fraction of sp³-hybridized carbons (Fsp3) is 0.160. The molecule has 1 atom stereocenters. The van der Waals surface area contributed by atoms with Crippen LogP contribution in [0, 0.1) is 0 Å². The first kappa shape index (κ1) is 21.7. The number of anilines is 1. The number of carbonyl (C=O) groups is 2. The smallest absolute Gasteiger partial charge is 0.307 e. The van der Waals surface area contributed by atoms with Crippen LogP contribution in [0.5, 0.6) is 0 Å². The van der Waals surface area contributed by atoms with Crippen molar-refractivity contribution in [2.75, 3.05) is 12.4 Å². The third-order valence-corrected chi connectivity index (χ3v) is 5.50. The second-order valence-electron chi connectivity index (χ2n) is 7.62. The van der Waals surface area contributed by atoms with Crippen molar-refractivity contribution in [2.24, 2.45) is 4.99 Å². The minimum absolute atomic E-state index is 0.0654. The number of nitrogens with one attached hydrogen (secondary N) is 2. The van der Waals surface area contributed by atoms with Crippen LogP contribution in [0.15, 0.2) is 71.7 Å². The number of hydrogen-bond donors (Lipinski definition) is 3. The minimum atomic E-state index is -0.894. The van der Waals surface area contributed by atoms with Crippen LogP contribution in [0.25, 0.3) is 0 Å². The van der Waals surface area contributed by atoms with E-state index in [0.29, 0.717) is 28.5 Å². The van der Waals surface area contributed by atoms with Gasteiger partial charge in [0.1, 0.15) is 5.92 Å². The molecule has 0 spiro atoms. The van der Waals surface area contributed by atoms with Gasteiger partial charge < -0.3 is 15.7 Å². The summed E-state index contributed by atoms with van der Waals surface area (Å²) < 4.78 is 0. The molecule has 32 heavy (non-hydrogen) atoms. The van der Waals surface area contributed by atoms with Crippen molar-refractivity contribution in [1.29, 1.82) is 0 Å². The Bertz CT molecular complexity index is 1210. The van der Waals surface area contributed by atoms with E-state index in [9.17, 15) is 9.59 Å². The number of amides is 1. The first-order valence-electron chi connectivity index (χ1n) is 10.2. The number of aliphatic carboxylic acids is 1. The maximum Gasteiger partial charge on any atom is 0.307 e. The average molecular weight is 448 g/mol. The standard InChI is InChI=1S/C25H22ClN3O3/c1-27-14-16-3-2-4-19(11-16)28-24(17-7-5-15(6-8-17)12-22(30)31)23-20-10-9-18(26)13-21(20)29-25(23)32/h2-11,13,23,27H,12,14H2,1H3,(H,29,32)(H,30,31). The van der Waals surface area contributed by atoms with Gasteiger partial charge in [-0.2, -0.15) is 0 Å². The Morgan fingerprint density at radius 3 is 2.59 bits per heavy atom. The third kappa shape index (κ3) is 4.72. The van der Waals surface area contributed by atoms with Crippen molar-refractivity contribution in [2.45, 2.75) is 18.9 Å². The number of halogens is 1. The summed E-state index contributed by atoms with van der Waals surface area (Å²) in [4.78, 5) is 28.9. The number of fused-ring (bicyclic) bond motifs is 1. The van der Waals surface area contributed by atoms with Crippen molar-refractivity contribution in [1.82, 2.24) is 5.32 Å². The summed E-state index contributed by atoms with van der Waals surface area (Å²) in [5.41, 5.74) is 5.31. The molecule has 0 aromatic heterocycles. The lowest BCUT2D eigenvalue weighted by atomic mass is 9.90. The number of carboxylic acid groups (broad SMARTS) is 1. The molecule has 1 unspecified atom stereocenters. The Morgan fingerprint density at radius 2 is 1.88 bits per heavy atom. The Hall–Kier alpha value is -3.48. The zero-order valence-corrected chi connectivity index (χ0v) is 18.2. The molecular formula is C25H22ClN3O3. The predicted molar refractivity (Wildman–Crippen MR) is 126 cm³/mol. The van der Waals surface area contributed by atoms with Gasteiger partial charge in [0, 0.05) is 17.3 Å². The van der Waals surface area contributed by atoms with E-state index < -0.39 is 11.9 Å². The molecule has 0 bridgehead atoms. The number of benzene rings is 3. The summed E-state index contributed by atoms with van der Waals surface area (Å²) in [6.45, 7) is 0.702. The Morgan fingerprint density at radius 1 is 1.09 bits per heavy atom. The highest BCUT2D eigenvalue weighted by Gasteiger charge is 2.35. The van der Waals surface area contributed by atoms with Crippen LogP contribution in [0.1, 0.15) is 28.2 Å². The number of aliphatic imine (C=N–C) groups is 1. The van der Waals surface area contributed by atoms with Gasteiger partial charge in [-0.3, -0.25) is 14.6 Å². The van der Waals surface area contributed by atoms with Crippen molar-refractivity contribution >= 4 is 40.6 Å². The van der Waals surface area contributed by atoms with Crippen molar-refractivity contribution in [3.8, 4) is 0 Å². The van der Waals surface area contributed by atoms with Gasteiger partial charge in [-0.05, 0) is 53.6 Å². The van der Waals surface area contributed by atoms with Gasteiger partial charge in [-0.1, -0.05) is 54.1 Å². The number of carbonyl (C=O) groups excluding carboxylic acids is 1. The van der Waals surface area contributed by atoms with E-state index in [4.69, 9.17) is 21.7 Å². The van der Waals surface area contributed by atoms with Gasteiger partial charge in [0.15, 0.2) is 0 Å². The van der Waals surface area contributed by atoms with E-state index in [0.717, 1.165) is 22.4 Å². The molecule has 3 aromatic rings. The summed E-state index contributed by atoms with van der Waals surface area (Å²) in [7, 11) is 1.88. The first-order chi connectivity index (χ1) is 15.4. The quantitative estimate of drug-likeness (QED) is 0.463. The molecule has 3 aromatic carbocycles. The summed E-state index contributed by atoms with van der Waals surface area (Å²) in [5, 5.41) is 15.6. The van der Waals surface area contributed by atoms with Crippen molar-refractivity contribution < 1.29 is 14.7 Å². The highest BCUT2D eigenvalue weighted by molar-refractivity contribution is 6.31. The minimum Gasteiger partial charge on any atom is -0.481 e. The first-order valence-corrected chi connectivity index (χ1v) is 10.6. The molecule has 1 heterocycles. The number of carboxylic acids is 1. The lowest BCUT2D eigenvalue weighted by Gasteiger charge is -2.15. The van der Waals surface area contributed by atoms with Gasteiger partial charge in [-0.25, -0.2) is 0 Å². The van der Waals surface area contributed by atoms with Crippen LogP contribution in [0.3, 0.4) is 0 Å². The van der Waals surface area contributed by atoms with Crippen molar-refractivity contribution in [3.05, 3.63) is 94.0 Å². The molecular weight excluding hydrogens is 426 g/mol. The van der Waals surface area contributed by atoms with E-state index in [-0.39, 0.29) is 12.3 Å². The van der Waals surface area contributed by atoms with Gasteiger partial charge >= 0.3 is 5.97 Å². The molecule has 162 valence electrons. The van der Waals surface area contributed by atoms with E-state index in [1.807, 2.05) is 49.5 Å². The second kappa shape index (κ2) is 9.34. The molecule has 0 radical (unpaired) electrons. The highest BCUT2D eigenvalue weighted by atomic mass is 35.5. The summed E-state index contributed by atoms with van der Waals surface area (Å²) in [6.07, 6.45) is -0.0654. The lowest BCUT2D eigenvalue weighted by Crippen LogP contribution is -2.22. The summed E-state index contributed by atoms with van der Waals surface area (Å²) >= 11 is 6.12. The third-order valence-electron chi connectivity index (χ3n) is 5.27. The van der Waals surface area contributed by atoms with Crippen LogP contribution < -0.4 is 10.6 Å². The highest BCUT2D eigenvalue weighted by Crippen LogP contribution is 2.37. The molecule has 1 amide bonds. The summed E-state index contributed by atoms with van der Waals surface area (Å²) in [5.74, 6) is -1.68. The SMILES string of the molecule is CNCc1cccc(N=C(c2ccc(CC(=O)O)cc2)C2C(=O)Nc3cc(Cl)ccc32)c1. The van der Waals surface area contributed by atoms with Gasteiger partial charge in [0.05, 0.1) is 17.8 Å². The monoisotopic (exact) mass is 447 g/mol. The molecule has 0 aliphatic carbocycles. The molecule has 3 N–H and O–H groups in total. The largest absolute Gasteiger partial charge is 0.481 e. The van der Waals surface area contributed by atoms with E-state index in [2.05, 4.69) is 10.6 Å². The van der Waals surface area contributed by atoms with Gasteiger partial charge in [-0.15, -0.1) is 0 Å². The fourth-order valence-electron chi connectivity index (χ4n) is 3.85. The molecule has 4 rings (SSSR count). The number of rotatable bonds is 7. The molecule has 6 nitrogen and oxygen atoms in total. The molecule has 1 aliphatic rings. The predicted octanol–water partition coefficient (Wildman–Crippen LogP) is 4.54. The Labute approximate surface area is 191 Å². The Balaban J connectivity index is 1.81. The average Bonchev–Trinajstić information content (AvgIpc) is 3.07. The lowest BCUT2D eigenvalue weighted by molar-refractivity contribution is -0.136. The number of nitrogens with zero attached hydrogens (tertiary/aromatic N) is 1. The normalized spacial score (nSPS) is 15.4. The Kier molecular flexibility index (Phi) is 6.35. The van der Waals surface area contributed by atoms with Gasteiger partial charge in [0.2, 0.25) is 5.91 Å². The fourth-order valence-corrected chi connectivity index (χ4v) is 4.02. The van der Waals surface area contributed by atoms with E-state index in [1.165, 1.54) is 0 Å². The van der Waals surface area contributed by atoms with Crippen LogP contribution >= 0.6 is 11.6 Å². The van der Waals surface area contributed by atoms with Crippen LogP contribution in [0.4, 0.5) is 11.4 Å². The second-order valence-corrected chi connectivity index (χ2v) is 8.05. The van der Waals surface area contributed by atoms with E-state index >= 15 is 0 Å². The molecule has 0 fully saturated rings. The van der Waals surface area contributed by atoms with Crippen LogP contribution in [-0.2, 0) is 22.6 Å². The maximum absolute atomic E-state index is 13.0. The molecule has 1 aliphatic heterocycles. The summed E-state index contributed by atoms with van der Waals surface area (Å²) in [6, 6.07) is 20.3. The molecule has 0 saturated heterocycles. The molecule has 7 heteroatoms. The van der Waals surface area contributed by atoms with Crippen molar-refractivity contribution in [3.63, 3.8) is 0 Å². The van der Waals surface area contributed by atoms with E-state index in [1.54, 1.807) is 24.3 Å². The van der Waals surface area contributed by atoms with Gasteiger partial charge in [0.25, 0.3) is 0 Å². The van der Waals surface area contributed by atoms with Crippen LogP contribution in [0.2, 0.25) is 5.02 Å².